The lowest BCUT2D eigenvalue weighted by Gasteiger charge is -2.25. The minimum Gasteiger partial charge on any atom is -0.326 e. The third-order valence-electron chi connectivity index (χ3n) is 2.68. The van der Waals surface area contributed by atoms with Gasteiger partial charge in [-0.1, -0.05) is 0 Å². The van der Waals surface area contributed by atoms with Crippen LogP contribution in [0, 0.1) is 28.6 Å². The van der Waals surface area contributed by atoms with Crippen LogP contribution >= 0.6 is 0 Å². The Labute approximate surface area is 98.7 Å². The predicted molar refractivity (Wildman–Crippen MR) is 60.9 cm³/mol. The molecule has 1 aliphatic heterocycles. The number of amides is 1. The molecule has 5 nitrogen and oxygen atoms in total. The van der Waals surface area contributed by atoms with Crippen molar-refractivity contribution < 1.29 is 4.79 Å². The number of nitrogens with one attached hydrogen (secondary N) is 2. The van der Waals surface area contributed by atoms with E-state index < -0.39 is 0 Å². The van der Waals surface area contributed by atoms with Crippen LogP contribution < -0.4 is 10.6 Å². The summed E-state index contributed by atoms with van der Waals surface area (Å²) < 4.78 is 0. The third-order valence-corrected chi connectivity index (χ3v) is 2.68. The summed E-state index contributed by atoms with van der Waals surface area (Å²) in [6.07, 6.45) is 0. The highest BCUT2D eigenvalue weighted by molar-refractivity contribution is 5.93. The van der Waals surface area contributed by atoms with Crippen LogP contribution in [0.25, 0.3) is 0 Å². The van der Waals surface area contributed by atoms with Gasteiger partial charge in [-0.05, 0) is 18.2 Å². The van der Waals surface area contributed by atoms with Gasteiger partial charge in [-0.15, -0.1) is 0 Å². The van der Waals surface area contributed by atoms with Gasteiger partial charge in [-0.25, -0.2) is 0 Å². The van der Waals surface area contributed by atoms with Gasteiger partial charge in [0.15, 0.2) is 0 Å². The van der Waals surface area contributed by atoms with Gasteiger partial charge < -0.3 is 10.6 Å². The summed E-state index contributed by atoms with van der Waals surface area (Å²) in [5.41, 5.74) is 1.14. The number of rotatable bonds is 2. The molecule has 2 N–H and O–H groups in total. The smallest absolute Gasteiger partial charge is 0.230 e. The normalized spacial score (nSPS) is 14.2. The fourth-order valence-electron chi connectivity index (χ4n) is 1.53. The van der Waals surface area contributed by atoms with Gasteiger partial charge in [-0.2, -0.15) is 10.5 Å². The van der Waals surface area contributed by atoms with Crippen molar-refractivity contribution in [3.05, 3.63) is 29.3 Å². The second-order valence-electron chi connectivity index (χ2n) is 3.83. The maximum absolute atomic E-state index is 11.6. The quantitative estimate of drug-likeness (QED) is 0.772. The molecule has 17 heavy (non-hydrogen) atoms. The molecule has 0 saturated carbocycles. The summed E-state index contributed by atoms with van der Waals surface area (Å²) in [5, 5.41) is 23.4. The lowest BCUT2D eigenvalue weighted by molar-refractivity contribution is -0.121. The van der Waals surface area contributed by atoms with Crippen LogP contribution in [-0.2, 0) is 4.79 Å². The summed E-state index contributed by atoms with van der Waals surface area (Å²) in [4.78, 5) is 11.6. The first-order valence-corrected chi connectivity index (χ1v) is 5.20. The van der Waals surface area contributed by atoms with E-state index in [0.29, 0.717) is 24.3 Å². The molecule has 2 rings (SSSR count). The molecule has 1 amide bonds. The maximum atomic E-state index is 11.6. The Morgan fingerprint density at radius 1 is 1.29 bits per heavy atom. The molecule has 1 fully saturated rings. The van der Waals surface area contributed by atoms with Crippen LogP contribution in [0.2, 0.25) is 0 Å². The average molecular weight is 226 g/mol. The van der Waals surface area contributed by atoms with Crippen molar-refractivity contribution in [3.63, 3.8) is 0 Å². The number of carbonyl (C=O) groups is 1. The van der Waals surface area contributed by atoms with Gasteiger partial charge in [0, 0.05) is 18.8 Å². The Bertz CT molecular complexity index is 534. The molecule has 1 aromatic carbocycles. The Balaban J connectivity index is 2.14. The van der Waals surface area contributed by atoms with Gasteiger partial charge in [0.2, 0.25) is 5.91 Å². The summed E-state index contributed by atoms with van der Waals surface area (Å²) in [7, 11) is 0. The lowest BCUT2D eigenvalue weighted by Crippen LogP contribution is -2.48. The fourth-order valence-corrected chi connectivity index (χ4v) is 1.53. The van der Waals surface area contributed by atoms with Crippen LogP contribution in [0.15, 0.2) is 18.2 Å². The zero-order valence-electron chi connectivity index (χ0n) is 9.03. The van der Waals surface area contributed by atoms with Crippen LogP contribution in [0.5, 0.6) is 0 Å². The molecule has 84 valence electrons. The van der Waals surface area contributed by atoms with E-state index in [0.717, 1.165) is 0 Å². The molecule has 0 unspecified atom stereocenters. The van der Waals surface area contributed by atoms with Gasteiger partial charge in [-0.3, -0.25) is 4.79 Å². The minimum absolute atomic E-state index is 0.00354. The summed E-state index contributed by atoms with van der Waals surface area (Å²) in [6, 6.07) is 8.54. The molecule has 1 heterocycles. The van der Waals surface area contributed by atoms with Crippen molar-refractivity contribution in [1.82, 2.24) is 5.32 Å². The first-order valence-electron chi connectivity index (χ1n) is 5.20. The third kappa shape index (κ3) is 2.25. The van der Waals surface area contributed by atoms with E-state index >= 15 is 0 Å². The van der Waals surface area contributed by atoms with Gasteiger partial charge in [0.25, 0.3) is 0 Å². The SMILES string of the molecule is N#Cc1ccc(NC(=O)C2CNC2)cc1C#N. The molecule has 0 atom stereocenters. The first kappa shape index (κ1) is 11.1. The molecular weight excluding hydrogens is 216 g/mol. The molecule has 0 spiro atoms. The summed E-state index contributed by atoms with van der Waals surface area (Å²) in [5.74, 6) is -0.0615. The Kier molecular flexibility index (Phi) is 3.04. The topological polar surface area (TPSA) is 88.7 Å². The van der Waals surface area contributed by atoms with E-state index in [1.54, 1.807) is 6.07 Å². The van der Waals surface area contributed by atoms with E-state index in [2.05, 4.69) is 10.6 Å². The molecule has 5 heteroatoms. The minimum atomic E-state index is -0.0580. The molecule has 1 saturated heterocycles. The standard InChI is InChI=1S/C12H10N4O/c13-4-8-1-2-11(3-9(8)5-14)16-12(17)10-6-15-7-10/h1-3,10,15H,6-7H2,(H,16,17). The summed E-state index contributed by atoms with van der Waals surface area (Å²) >= 11 is 0. The lowest BCUT2D eigenvalue weighted by atomic mass is 10.0. The van der Waals surface area contributed by atoms with Gasteiger partial charge >= 0.3 is 0 Å². The van der Waals surface area contributed by atoms with Crippen molar-refractivity contribution in [1.29, 1.82) is 10.5 Å². The summed E-state index contributed by atoms with van der Waals surface area (Å²) in [6.45, 7) is 1.38. The van der Waals surface area contributed by atoms with E-state index in [1.165, 1.54) is 12.1 Å². The monoisotopic (exact) mass is 226 g/mol. The highest BCUT2D eigenvalue weighted by Gasteiger charge is 2.24. The van der Waals surface area contributed by atoms with Crippen LogP contribution in [-0.4, -0.2) is 19.0 Å². The number of nitriles is 2. The van der Waals surface area contributed by atoms with Crippen LogP contribution in [0.1, 0.15) is 11.1 Å². The fraction of sp³-hybridized carbons (Fsp3) is 0.250. The van der Waals surface area contributed by atoms with E-state index in [1.807, 2.05) is 12.1 Å². The second kappa shape index (κ2) is 4.65. The van der Waals surface area contributed by atoms with Crippen molar-refractivity contribution in [2.75, 3.05) is 18.4 Å². The largest absolute Gasteiger partial charge is 0.326 e. The van der Waals surface area contributed by atoms with Crippen LogP contribution in [0.4, 0.5) is 5.69 Å². The molecule has 0 radical (unpaired) electrons. The molecule has 0 aromatic heterocycles. The van der Waals surface area contributed by atoms with E-state index in [4.69, 9.17) is 10.5 Å². The number of benzene rings is 1. The Morgan fingerprint density at radius 2 is 2.00 bits per heavy atom. The number of hydrogen-bond acceptors (Lipinski definition) is 4. The molecule has 1 aromatic rings. The zero-order chi connectivity index (χ0) is 12.3. The Morgan fingerprint density at radius 3 is 2.53 bits per heavy atom. The molecule has 0 aliphatic carbocycles. The average Bonchev–Trinajstić information content (AvgIpc) is 2.26. The van der Waals surface area contributed by atoms with Crippen molar-refractivity contribution in [2.45, 2.75) is 0 Å². The first-order chi connectivity index (χ1) is 8.24. The number of nitrogens with zero attached hydrogens (tertiary/aromatic N) is 2. The van der Waals surface area contributed by atoms with Crippen molar-refractivity contribution in [3.8, 4) is 12.1 Å². The predicted octanol–water partition coefficient (Wildman–Crippen LogP) is 0.588. The molecule has 1 aliphatic rings. The molecular formula is C12H10N4O. The van der Waals surface area contributed by atoms with Crippen LogP contribution in [0.3, 0.4) is 0 Å². The van der Waals surface area contributed by atoms with Crippen molar-refractivity contribution >= 4 is 11.6 Å². The van der Waals surface area contributed by atoms with E-state index in [-0.39, 0.29) is 17.4 Å². The number of anilines is 1. The highest BCUT2D eigenvalue weighted by atomic mass is 16.2. The Hall–Kier alpha value is -2.37. The van der Waals surface area contributed by atoms with Gasteiger partial charge in [0.1, 0.15) is 12.1 Å². The number of hydrogen-bond donors (Lipinski definition) is 2. The highest BCUT2D eigenvalue weighted by Crippen LogP contribution is 2.16. The van der Waals surface area contributed by atoms with E-state index in [9.17, 15) is 4.79 Å². The zero-order valence-corrected chi connectivity index (χ0v) is 9.03. The number of carbonyl (C=O) groups excluding carboxylic acids is 1. The maximum Gasteiger partial charge on any atom is 0.230 e. The van der Waals surface area contributed by atoms with Crippen molar-refractivity contribution in [2.24, 2.45) is 5.92 Å². The second-order valence-corrected chi connectivity index (χ2v) is 3.83. The molecule has 0 bridgehead atoms. The van der Waals surface area contributed by atoms with Gasteiger partial charge in [0.05, 0.1) is 17.0 Å².